The molecule has 1 fully saturated rings. The van der Waals surface area contributed by atoms with E-state index in [1.165, 1.54) is 88.3 Å². The van der Waals surface area contributed by atoms with Gasteiger partial charge in [0.25, 0.3) is 0 Å². The van der Waals surface area contributed by atoms with Gasteiger partial charge in [0.05, 0.1) is 0 Å². The van der Waals surface area contributed by atoms with Crippen molar-refractivity contribution in [1.29, 1.82) is 0 Å². The maximum atomic E-state index is 5.87. The number of unbranched alkanes of at least 4 members (excludes halogenated alkanes) is 5. The van der Waals surface area contributed by atoms with Crippen molar-refractivity contribution in [2.75, 3.05) is 25.6 Å². The van der Waals surface area contributed by atoms with Crippen molar-refractivity contribution in [2.45, 2.75) is 77.0 Å². The Morgan fingerprint density at radius 2 is 1.54 bits per heavy atom. The van der Waals surface area contributed by atoms with Crippen molar-refractivity contribution >= 4 is 5.69 Å². The van der Waals surface area contributed by atoms with Crippen LogP contribution in [0.25, 0.3) is 0 Å². The fourth-order valence-corrected chi connectivity index (χ4v) is 3.68. The number of benzene rings is 1. The van der Waals surface area contributed by atoms with Crippen molar-refractivity contribution in [3.8, 4) is 0 Å². The molecule has 2 heteroatoms. The second kappa shape index (κ2) is 12.4. The van der Waals surface area contributed by atoms with Gasteiger partial charge in [-0.1, -0.05) is 57.1 Å². The molecule has 1 aliphatic carbocycles. The van der Waals surface area contributed by atoms with Gasteiger partial charge in [-0.15, -0.1) is 0 Å². The van der Waals surface area contributed by atoms with Crippen LogP contribution in [0.2, 0.25) is 0 Å². The molecule has 0 spiro atoms. The van der Waals surface area contributed by atoms with E-state index in [0.717, 1.165) is 19.1 Å². The van der Waals surface area contributed by atoms with E-state index in [9.17, 15) is 0 Å². The maximum Gasteiger partial charge on any atom is 0.0494 e. The van der Waals surface area contributed by atoms with Crippen LogP contribution in [0.3, 0.4) is 0 Å². The van der Waals surface area contributed by atoms with Crippen molar-refractivity contribution in [1.82, 2.24) is 0 Å². The van der Waals surface area contributed by atoms with Gasteiger partial charge in [-0.2, -0.15) is 0 Å². The Bertz CT molecular complexity index is 408. The van der Waals surface area contributed by atoms with Crippen molar-refractivity contribution < 1.29 is 4.74 Å². The summed E-state index contributed by atoms with van der Waals surface area (Å²) in [6.07, 6.45) is 16.3. The highest BCUT2D eigenvalue weighted by Gasteiger charge is 2.12. The number of anilines is 1. The molecule has 0 bridgehead atoms. The number of ether oxygens (including phenoxy) is 1. The van der Waals surface area contributed by atoms with Gasteiger partial charge in [0.1, 0.15) is 0 Å². The molecule has 1 saturated carbocycles. The topological polar surface area (TPSA) is 21.3 Å². The first-order chi connectivity index (χ1) is 11.9. The smallest absolute Gasteiger partial charge is 0.0494 e. The Hall–Kier alpha value is -1.02. The molecule has 0 atom stereocenters. The molecule has 1 aromatic rings. The van der Waals surface area contributed by atoms with Crippen LogP contribution in [0.15, 0.2) is 24.3 Å². The highest BCUT2D eigenvalue weighted by molar-refractivity contribution is 5.43. The second-order valence-corrected chi connectivity index (χ2v) is 7.40. The molecule has 1 N–H and O–H groups in total. The summed E-state index contributed by atoms with van der Waals surface area (Å²) >= 11 is 0. The number of rotatable bonds is 12. The van der Waals surface area contributed by atoms with E-state index in [4.69, 9.17) is 4.74 Å². The van der Waals surface area contributed by atoms with E-state index in [2.05, 4.69) is 29.6 Å². The number of aryl methyl sites for hydroxylation is 1. The summed E-state index contributed by atoms with van der Waals surface area (Å²) in [6, 6.07) is 8.83. The van der Waals surface area contributed by atoms with Gasteiger partial charge in [0.15, 0.2) is 0 Å². The van der Waals surface area contributed by atoms with Crippen LogP contribution in [0, 0.1) is 5.92 Å². The van der Waals surface area contributed by atoms with Gasteiger partial charge >= 0.3 is 0 Å². The number of hydrogen-bond acceptors (Lipinski definition) is 2. The molecule has 0 saturated heterocycles. The fourth-order valence-electron chi connectivity index (χ4n) is 3.68. The van der Waals surface area contributed by atoms with Crippen LogP contribution >= 0.6 is 0 Å². The third-order valence-electron chi connectivity index (χ3n) is 5.33. The Kier molecular flexibility index (Phi) is 9.94. The molecule has 0 radical (unpaired) electrons. The highest BCUT2D eigenvalue weighted by atomic mass is 16.5. The van der Waals surface area contributed by atoms with E-state index in [-0.39, 0.29) is 0 Å². The summed E-state index contributed by atoms with van der Waals surface area (Å²) in [5.74, 6) is 0.862. The number of hydrogen-bond donors (Lipinski definition) is 1. The van der Waals surface area contributed by atoms with Crippen LogP contribution in [-0.2, 0) is 11.2 Å². The lowest BCUT2D eigenvalue weighted by Gasteiger charge is -2.21. The van der Waals surface area contributed by atoms with Crippen LogP contribution in [-0.4, -0.2) is 20.3 Å². The molecule has 0 amide bonds. The number of nitrogens with one attached hydrogen (secondary N) is 1. The first-order valence-corrected chi connectivity index (χ1v) is 10.2. The zero-order valence-electron chi connectivity index (χ0n) is 15.7. The van der Waals surface area contributed by atoms with Gasteiger partial charge in [0, 0.05) is 25.9 Å². The van der Waals surface area contributed by atoms with E-state index in [1.54, 1.807) is 0 Å². The van der Waals surface area contributed by atoms with Crippen LogP contribution in [0.1, 0.15) is 76.2 Å². The lowest BCUT2D eigenvalue weighted by molar-refractivity contribution is 0.0824. The van der Waals surface area contributed by atoms with E-state index in [0.29, 0.717) is 0 Å². The fraction of sp³-hybridized carbons (Fsp3) is 0.727. The molecular formula is C22H37NO. The summed E-state index contributed by atoms with van der Waals surface area (Å²) in [5.41, 5.74) is 2.66. The van der Waals surface area contributed by atoms with E-state index < -0.39 is 0 Å². The van der Waals surface area contributed by atoms with Crippen molar-refractivity contribution in [3.05, 3.63) is 29.8 Å². The Morgan fingerprint density at radius 3 is 2.25 bits per heavy atom. The molecule has 0 aromatic heterocycles. The maximum absolute atomic E-state index is 5.87. The van der Waals surface area contributed by atoms with Gasteiger partial charge in [-0.25, -0.2) is 0 Å². The summed E-state index contributed by atoms with van der Waals surface area (Å²) in [5, 5.41) is 3.17. The standard InChI is InChI=1S/C22H37NO/c1-23-22-16-14-20(15-17-22)11-7-4-2-3-5-10-18-24-19-21-12-8-6-9-13-21/h14-17,21,23H,2-13,18-19H2,1H3. The predicted octanol–water partition coefficient (Wildman–Crippen LogP) is 6.21. The van der Waals surface area contributed by atoms with Crippen molar-refractivity contribution in [3.63, 3.8) is 0 Å². The minimum atomic E-state index is 0.862. The molecule has 1 aromatic carbocycles. The molecular weight excluding hydrogens is 294 g/mol. The third-order valence-corrected chi connectivity index (χ3v) is 5.33. The van der Waals surface area contributed by atoms with Crippen LogP contribution in [0.4, 0.5) is 5.69 Å². The molecule has 0 aliphatic heterocycles. The average molecular weight is 332 g/mol. The quantitative estimate of drug-likeness (QED) is 0.460. The first kappa shape index (κ1) is 19.3. The minimum absolute atomic E-state index is 0.862. The molecule has 136 valence electrons. The zero-order valence-corrected chi connectivity index (χ0v) is 15.7. The largest absolute Gasteiger partial charge is 0.388 e. The zero-order chi connectivity index (χ0) is 16.9. The van der Waals surface area contributed by atoms with Crippen LogP contribution < -0.4 is 5.32 Å². The van der Waals surface area contributed by atoms with Gasteiger partial charge in [-0.05, 0) is 55.7 Å². The molecule has 2 rings (SSSR count). The molecule has 1 aliphatic rings. The lowest BCUT2D eigenvalue weighted by atomic mass is 9.90. The average Bonchev–Trinajstić information content (AvgIpc) is 2.64. The van der Waals surface area contributed by atoms with Crippen LogP contribution in [0.5, 0.6) is 0 Å². The molecule has 0 unspecified atom stereocenters. The monoisotopic (exact) mass is 331 g/mol. The molecule has 0 heterocycles. The van der Waals surface area contributed by atoms with Crippen molar-refractivity contribution in [2.24, 2.45) is 5.92 Å². The Labute approximate surface area is 149 Å². The highest BCUT2D eigenvalue weighted by Crippen LogP contribution is 2.23. The van der Waals surface area contributed by atoms with Gasteiger partial charge in [-0.3, -0.25) is 0 Å². The predicted molar refractivity (Wildman–Crippen MR) is 105 cm³/mol. The lowest BCUT2D eigenvalue weighted by Crippen LogP contribution is -2.13. The Morgan fingerprint density at radius 1 is 0.875 bits per heavy atom. The minimum Gasteiger partial charge on any atom is -0.388 e. The third kappa shape index (κ3) is 8.19. The first-order valence-electron chi connectivity index (χ1n) is 10.2. The summed E-state index contributed by atoms with van der Waals surface area (Å²) in [4.78, 5) is 0. The van der Waals surface area contributed by atoms with Gasteiger partial charge in [0.2, 0.25) is 0 Å². The summed E-state index contributed by atoms with van der Waals surface area (Å²) in [7, 11) is 1.97. The molecule has 2 nitrogen and oxygen atoms in total. The second-order valence-electron chi connectivity index (χ2n) is 7.40. The van der Waals surface area contributed by atoms with E-state index >= 15 is 0 Å². The Balaban J connectivity index is 1.36. The van der Waals surface area contributed by atoms with Gasteiger partial charge < -0.3 is 10.1 Å². The SMILES string of the molecule is CNc1ccc(CCCCCCCCOCC2CCCCC2)cc1. The van der Waals surface area contributed by atoms with E-state index in [1.807, 2.05) is 7.05 Å². The summed E-state index contributed by atoms with van der Waals surface area (Å²) in [6.45, 7) is 2.00. The molecule has 24 heavy (non-hydrogen) atoms. The summed E-state index contributed by atoms with van der Waals surface area (Å²) < 4.78 is 5.87. The normalized spacial score (nSPS) is 15.5.